The number of sulfone groups is 1. The number of amides is 1. The van der Waals surface area contributed by atoms with Crippen molar-refractivity contribution >= 4 is 25.8 Å². The van der Waals surface area contributed by atoms with Gasteiger partial charge in [0.25, 0.3) is 0 Å². The summed E-state index contributed by atoms with van der Waals surface area (Å²) in [6.07, 6.45) is 1.05. The summed E-state index contributed by atoms with van der Waals surface area (Å²) in [5, 5.41) is -1.24. The predicted octanol–water partition coefficient (Wildman–Crippen LogP) is 1.40. The van der Waals surface area contributed by atoms with Gasteiger partial charge in [-0.25, -0.2) is 16.8 Å². The molecule has 1 aliphatic rings. The van der Waals surface area contributed by atoms with Gasteiger partial charge in [-0.15, -0.1) is 0 Å². The average molecular weight is 345 g/mol. The molecule has 6 nitrogen and oxygen atoms in total. The molecular formula is C14H19NO5S2. The largest absolute Gasteiger partial charge is 0.274 e. The number of hydrogen-bond donors (Lipinski definition) is 1. The highest BCUT2D eigenvalue weighted by Gasteiger charge is 2.43. The van der Waals surface area contributed by atoms with Crippen LogP contribution in [-0.2, 0) is 24.7 Å². The lowest BCUT2D eigenvalue weighted by Crippen LogP contribution is -2.38. The monoisotopic (exact) mass is 345 g/mol. The van der Waals surface area contributed by atoms with Crippen molar-refractivity contribution in [3.05, 3.63) is 29.8 Å². The Labute approximate surface area is 130 Å². The van der Waals surface area contributed by atoms with Gasteiger partial charge in [-0.1, -0.05) is 32.0 Å². The third-order valence-corrected chi connectivity index (χ3v) is 7.63. The minimum absolute atomic E-state index is 0.0281. The third-order valence-electron chi connectivity index (χ3n) is 3.95. The fourth-order valence-corrected chi connectivity index (χ4v) is 6.69. The van der Waals surface area contributed by atoms with Gasteiger partial charge in [0.15, 0.2) is 9.84 Å². The Morgan fingerprint density at radius 3 is 2.45 bits per heavy atom. The van der Waals surface area contributed by atoms with Crippen molar-refractivity contribution in [1.82, 2.24) is 4.72 Å². The molecule has 0 radical (unpaired) electrons. The Morgan fingerprint density at radius 2 is 1.86 bits per heavy atom. The zero-order valence-corrected chi connectivity index (χ0v) is 14.1. The first-order valence-electron chi connectivity index (χ1n) is 7.10. The van der Waals surface area contributed by atoms with Gasteiger partial charge in [-0.3, -0.25) is 9.52 Å². The van der Waals surface area contributed by atoms with Crippen LogP contribution in [0, 0.1) is 5.92 Å². The van der Waals surface area contributed by atoms with Crippen LogP contribution >= 0.6 is 0 Å². The normalized spacial score (nSPS) is 19.9. The van der Waals surface area contributed by atoms with E-state index in [1.807, 2.05) is 4.72 Å². The van der Waals surface area contributed by atoms with Crippen LogP contribution in [0.5, 0.6) is 0 Å². The molecule has 1 aromatic rings. The number of sulfonamides is 1. The first-order valence-corrected chi connectivity index (χ1v) is 10.3. The second-order valence-corrected chi connectivity index (χ2v) is 9.20. The summed E-state index contributed by atoms with van der Waals surface area (Å²) in [6, 6.07) is 6.01. The first-order chi connectivity index (χ1) is 10.2. The second kappa shape index (κ2) is 6.00. The quantitative estimate of drug-likeness (QED) is 0.870. The van der Waals surface area contributed by atoms with Crippen molar-refractivity contribution in [2.45, 2.75) is 36.8 Å². The first kappa shape index (κ1) is 17.0. The molecule has 0 saturated heterocycles. The van der Waals surface area contributed by atoms with E-state index >= 15 is 0 Å². The molecule has 1 N–H and O–H groups in total. The Kier molecular flexibility index (Phi) is 4.62. The van der Waals surface area contributed by atoms with E-state index in [2.05, 4.69) is 0 Å². The second-order valence-electron chi connectivity index (χ2n) is 5.33. The minimum atomic E-state index is -4.09. The number of carbonyl (C=O) groups excluding carboxylic acids is 1. The van der Waals surface area contributed by atoms with E-state index in [4.69, 9.17) is 0 Å². The van der Waals surface area contributed by atoms with Crippen molar-refractivity contribution in [3.63, 3.8) is 0 Å². The van der Waals surface area contributed by atoms with E-state index in [0.717, 1.165) is 0 Å². The lowest BCUT2D eigenvalue weighted by molar-refractivity contribution is -0.123. The summed E-state index contributed by atoms with van der Waals surface area (Å²) in [6.45, 7) is 3.60. The molecule has 0 fully saturated rings. The van der Waals surface area contributed by atoms with E-state index in [1.54, 1.807) is 26.0 Å². The summed E-state index contributed by atoms with van der Waals surface area (Å²) in [4.78, 5) is 12.0. The SMILES string of the molecule is CCC(CC)C(=O)NS(=O)(=O)C1CS(=O)(=O)c2ccccc21. The van der Waals surface area contributed by atoms with Crippen molar-refractivity contribution < 1.29 is 21.6 Å². The summed E-state index contributed by atoms with van der Waals surface area (Å²) in [5.74, 6) is -1.51. The maximum Gasteiger partial charge on any atom is 0.243 e. The van der Waals surface area contributed by atoms with Crippen molar-refractivity contribution in [1.29, 1.82) is 0 Å². The van der Waals surface area contributed by atoms with Crippen LogP contribution in [-0.4, -0.2) is 28.5 Å². The molecule has 0 aliphatic carbocycles. The van der Waals surface area contributed by atoms with Gasteiger partial charge in [-0.05, 0) is 24.5 Å². The maximum absolute atomic E-state index is 12.4. The fraction of sp³-hybridized carbons (Fsp3) is 0.500. The van der Waals surface area contributed by atoms with Crippen LogP contribution in [0.1, 0.15) is 37.5 Å². The van der Waals surface area contributed by atoms with E-state index in [-0.39, 0.29) is 10.5 Å². The Balaban J connectivity index is 2.35. The number of rotatable bonds is 5. The summed E-state index contributed by atoms with van der Waals surface area (Å²) in [5.41, 5.74) is 0.229. The number of hydrogen-bond acceptors (Lipinski definition) is 5. The lowest BCUT2D eigenvalue weighted by atomic mass is 10.0. The van der Waals surface area contributed by atoms with Gasteiger partial charge in [0, 0.05) is 5.92 Å². The highest BCUT2D eigenvalue weighted by molar-refractivity contribution is 7.95. The Bertz CT molecular complexity index is 779. The third kappa shape index (κ3) is 3.03. The van der Waals surface area contributed by atoms with Crippen LogP contribution in [0.3, 0.4) is 0 Å². The van der Waals surface area contributed by atoms with E-state index in [9.17, 15) is 21.6 Å². The molecule has 1 amide bonds. The molecule has 8 heteroatoms. The van der Waals surface area contributed by atoms with Gasteiger partial charge < -0.3 is 0 Å². The molecule has 1 heterocycles. The van der Waals surface area contributed by atoms with Gasteiger partial charge in [0.2, 0.25) is 15.9 Å². The summed E-state index contributed by atoms with van der Waals surface area (Å²) in [7, 11) is -7.72. The summed E-state index contributed by atoms with van der Waals surface area (Å²) < 4.78 is 51.0. The summed E-state index contributed by atoms with van der Waals surface area (Å²) >= 11 is 0. The predicted molar refractivity (Wildman–Crippen MR) is 82.4 cm³/mol. The maximum atomic E-state index is 12.4. The number of nitrogens with one attached hydrogen (secondary N) is 1. The molecule has 1 atom stereocenters. The van der Waals surface area contributed by atoms with Crippen molar-refractivity contribution in [2.24, 2.45) is 5.92 Å². The minimum Gasteiger partial charge on any atom is -0.274 e. The Morgan fingerprint density at radius 1 is 1.27 bits per heavy atom. The molecular weight excluding hydrogens is 326 g/mol. The topological polar surface area (TPSA) is 97.4 Å². The molecule has 1 aliphatic heterocycles. The van der Waals surface area contributed by atoms with Crippen LogP contribution in [0.4, 0.5) is 0 Å². The molecule has 0 aromatic heterocycles. The average Bonchev–Trinajstić information content (AvgIpc) is 2.73. The highest BCUT2D eigenvalue weighted by atomic mass is 32.2. The molecule has 0 spiro atoms. The lowest BCUT2D eigenvalue weighted by Gasteiger charge is -2.16. The zero-order chi connectivity index (χ0) is 16.5. The van der Waals surface area contributed by atoms with Crippen molar-refractivity contribution in [3.8, 4) is 0 Å². The standard InChI is InChI=1S/C14H19NO5S2/c1-3-10(4-2)14(16)15-22(19,20)13-9-21(17,18)12-8-6-5-7-11(12)13/h5-8,10,13H,3-4,9H2,1-2H3,(H,15,16). The molecule has 1 unspecified atom stereocenters. The number of carbonyl (C=O) groups is 1. The van der Waals surface area contributed by atoms with Crippen molar-refractivity contribution in [2.75, 3.05) is 5.75 Å². The van der Waals surface area contributed by atoms with Crippen LogP contribution < -0.4 is 4.72 Å². The molecule has 22 heavy (non-hydrogen) atoms. The highest BCUT2D eigenvalue weighted by Crippen LogP contribution is 2.37. The molecule has 2 rings (SSSR count). The van der Waals surface area contributed by atoms with E-state index in [0.29, 0.717) is 12.8 Å². The van der Waals surface area contributed by atoms with Crippen LogP contribution in [0.25, 0.3) is 0 Å². The fourth-order valence-electron chi connectivity index (χ4n) is 2.62. The molecule has 1 aromatic carbocycles. The number of fused-ring (bicyclic) bond motifs is 1. The smallest absolute Gasteiger partial charge is 0.243 e. The molecule has 122 valence electrons. The molecule has 0 bridgehead atoms. The zero-order valence-electron chi connectivity index (χ0n) is 12.4. The van der Waals surface area contributed by atoms with Crippen LogP contribution in [0.15, 0.2) is 29.2 Å². The van der Waals surface area contributed by atoms with E-state index in [1.165, 1.54) is 12.1 Å². The van der Waals surface area contributed by atoms with Gasteiger partial charge in [0.05, 0.1) is 10.6 Å². The van der Waals surface area contributed by atoms with Crippen LogP contribution in [0.2, 0.25) is 0 Å². The number of benzene rings is 1. The molecule has 0 saturated carbocycles. The Hall–Kier alpha value is -1.41. The van der Waals surface area contributed by atoms with Gasteiger partial charge in [-0.2, -0.15) is 0 Å². The van der Waals surface area contributed by atoms with E-state index < -0.39 is 42.7 Å². The van der Waals surface area contributed by atoms with Gasteiger partial charge >= 0.3 is 0 Å². The van der Waals surface area contributed by atoms with Gasteiger partial charge in [0.1, 0.15) is 5.25 Å².